The molecule has 0 saturated heterocycles. The monoisotopic (exact) mass is 283 g/mol. The maximum atomic E-state index is 12.6. The molecule has 0 fully saturated rings. The highest BCUT2D eigenvalue weighted by atomic mass is 19.4. The Hall–Kier alpha value is -0.780. The molecule has 19 heavy (non-hydrogen) atoms. The number of halogens is 3. The average Bonchev–Trinajstić information content (AvgIpc) is 2.30. The molecule has 1 atom stereocenters. The second-order valence-corrected chi connectivity index (χ2v) is 4.98. The summed E-state index contributed by atoms with van der Waals surface area (Å²) >= 11 is 0. The Labute approximate surface area is 112 Å². The van der Waals surface area contributed by atoms with Gasteiger partial charge in [0.2, 0.25) is 5.54 Å². The van der Waals surface area contributed by atoms with E-state index in [1.165, 1.54) is 6.42 Å². The molecule has 1 unspecified atom stereocenters. The fourth-order valence-corrected chi connectivity index (χ4v) is 1.72. The number of aliphatic carboxylic acids is 1. The van der Waals surface area contributed by atoms with Gasteiger partial charge in [0.05, 0.1) is 0 Å². The van der Waals surface area contributed by atoms with Gasteiger partial charge in [0.25, 0.3) is 0 Å². The predicted molar refractivity (Wildman–Crippen MR) is 68.1 cm³/mol. The maximum absolute atomic E-state index is 12.6. The van der Waals surface area contributed by atoms with Gasteiger partial charge in [-0.15, -0.1) is 0 Å². The fourth-order valence-electron chi connectivity index (χ4n) is 1.72. The first kappa shape index (κ1) is 18.2. The van der Waals surface area contributed by atoms with Crippen molar-refractivity contribution in [3.05, 3.63) is 0 Å². The minimum absolute atomic E-state index is 0.0656. The molecule has 6 heteroatoms. The molecule has 0 amide bonds. The first-order chi connectivity index (χ1) is 8.75. The lowest BCUT2D eigenvalue weighted by atomic mass is 10.0. The molecule has 0 saturated carbocycles. The molecule has 0 aromatic heterocycles. The third-order valence-electron chi connectivity index (χ3n) is 3.25. The molecule has 0 bridgehead atoms. The molecule has 0 heterocycles. The molecular weight excluding hydrogens is 259 g/mol. The van der Waals surface area contributed by atoms with Crippen LogP contribution < -0.4 is 5.32 Å². The van der Waals surface area contributed by atoms with Crippen LogP contribution in [-0.2, 0) is 4.79 Å². The van der Waals surface area contributed by atoms with Crippen molar-refractivity contribution in [1.29, 1.82) is 0 Å². The van der Waals surface area contributed by atoms with Gasteiger partial charge in [-0.3, -0.25) is 5.32 Å². The van der Waals surface area contributed by atoms with Crippen LogP contribution in [0.25, 0.3) is 0 Å². The van der Waals surface area contributed by atoms with Crippen LogP contribution in [0.15, 0.2) is 0 Å². The smallest absolute Gasteiger partial charge is 0.417 e. The Morgan fingerprint density at radius 2 is 1.53 bits per heavy atom. The van der Waals surface area contributed by atoms with E-state index in [0.29, 0.717) is 13.3 Å². The molecule has 0 aromatic rings. The van der Waals surface area contributed by atoms with Crippen molar-refractivity contribution in [2.24, 2.45) is 0 Å². The zero-order valence-electron chi connectivity index (χ0n) is 11.6. The third-order valence-corrected chi connectivity index (χ3v) is 3.25. The predicted octanol–water partition coefficient (Wildman–Crippen LogP) is 3.73. The summed E-state index contributed by atoms with van der Waals surface area (Å²) in [7, 11) is 0. The lowest BCUT2D eigenvalue weighted by molar-refractivity contribution is -0.205. The molecule has 0 spiro atoms. The first-order valence-electron chi connectivity index (χ1n) is 6.81. The van der Waals surface area contributed by atoms with Crippen LogP contribution in [-0.4, -0.2) is 29.3 Å². The zero-order chi connectivity index (χ0) is 14.9. The van der Waals surface area contributed by atoms with Gasteiger partial charge >= 0.3 is 12.1 Å². The summed E-state index contributed by atoms with van der Waals surface area (Å²) in [4.78, 5) is 10.7. The molecular formula is C13H24F3NO2. The number of carboxylic acid groups (broad SMARTS) is 1. The SMILES string of the molecule is CCCCCCCCCNC(C)(C(=O)O)C(F)(F)F. The van der Waals surface area contributed by atoms with Crippen LogP contribution in [0.2, 0.25) is 0 Å². The second-order valence-electron chi connectivity index (χ2n) is 4.98. The molecule has 2 N–H and O–H groups in total. The van der Waals surface area contributed by atoms with Crippen LogP contribution in [0.4, 0.5) is 13.2 Å². The van der Waals surface area contributed by atoms with E-state index < -0.39 is 17.7 Å². The van der Waals surface area contributed by atoms with E-state index >= 15 is 0 Å². The van der Waals surface area contributed by atoms with Crippen LogP contribution in [0, 0.1) is 0 Å². The minimum Gasteiger partial charge on any atom is -0.480 e. The second kappa shape index (κ2) is 8.40. The van der Waals surface area contributed by atoms with Crippen molar-refractivity contribution < 1.29 is 23.1 Å². The number of rotatable bonds is 10. The van der Waals surface area contributed by atoms with E-state index in [0.717, 1.165) is 32.1 Å². The Morgan fingerprint density at radius 1 is 1.05 bits per heavy atom. The number of nitrogens with one attached hydrogen (secondary N) is 1. The topological polar surface area (TPSA) is 49.3 Å². The lowest BCUT2D eigenvalue weighted by Crippen LogP contribution is -2.60. The van der Waals surface area contributed by atoms with Gasteiger partial charge in [-0.25, -0.2) is 4.79 Å². The summed E-state index contributed by atoms with van der Waals surface area (Å²) in [5.74, 6) is -1.89. The molecule has 0 aliphatic rings. The number of hydrogen-bond acceptors (Lipinski definition) is 2. The number of hydrogen-bond donors (Lipinski definition) is 2. The summed E-state index contributed by atoms with van der Waals surface area (Å²) < 4.78 is 37.9. The van der Waals surface area contributed by atoms with E-state index in [-0.39, 0.29) is 6.54 Å². The van der Waals surface area contributed by atoms with E-state index in [9.17, 15) is 18.0 Å². The van der Waals surface area contributed by atoms with Crippen molar-refractivity contribution in [3.63, 3.8) is 0 Å². The number of carbonyl (C=O) groups is 1. The standard InChI is InChI=1S/C13H24F3NO2/c1-3-4-5-6-7-8-9-10-17-12(2,11(18)19)13(14,15)16/h17H,3-10H2,1-2H3,(H,18,19). The van der Waals surface area contributed by atoms with Crippen LogP contribution in [0.1, 0.15) is 58.8 Å². The van der Waals surface area contributed by atoms with Crippen molar-refractivity contribution in [2.75, 3.05) is 6.54 Å². The highest BCUT2D eigenvalue weighted by molar-refractivity contribution is 5.79. The van der Waals surface area contributed by atoms with Crippen LogP contribution in [0.5, 0.6) is 0 Å². The Balaban J connectivity index is 3.88. The zero-order valence-corrected chi connectivity index (χ0v) is 11.6. The van der Waals surface area contributed by atoms with E-state index in [4.69, 9.17) is 5.11 Å². The third kappa shape index (κ3) is 6.27. The Bertz CT molecular complexity index is 269. The lowest BCUT2D eigenvalue weighted by Gasteiger charge is -2.28. The highest BCUT2D eigenvalue weighted by Gasteiger charge is 2.56. The van der Waals surface area contributed by atoms with Crippen molar-refractivity contribution >= 4 is 5.97 Å². The van der Waals surface area contributed by atoms with Gasteiger partial charge in [-0.2, -0.15) is 13.2 Å². The Morgan fingerprint density at radius 3 is 1.95 bits per heavy atom. The normalized spacial score (nSPS) is 15.2. The van der Waals surface area contributed by atoms with Gasteiger partial charge in [0, 0.05) is 0 Å². The van der Waals surface area contributed by atoms with Gasteiger partial charge < -0.3 is 5.11 Å². The summed E-state index contributed by atoms with van der Waals surface area (Å²) in [5, 5.41) is 10.8. The average molecular weight is 283 g/mol. The van der Waals surface area contributed by atoms with Crippen LogP contribution in [0.3, 0.4) is 0 Å². The summed E-state index contributed by atoms with van der Waals surface area (Å²) in [6.07, 6.45) is 2.16. The molecule has 0 radical (unpaired) electrons. The minimum atomic E-state index is -4.79. The number of carboxylic acids is 1. The van der Waals surface area contributed by atoms with E-state index in [2.05, 4.69) is 12.2 Å². The maximum Gasteiger partial charge on any atom is 0.417 e. The van der Waals surface area contributed by atoms with Crippen molar-refractivity contribution in [2.45, 2.75) is 70.5 Å². The quantitative estimate of drug-likeness (QED) is 0.601. The number of unbranched alkanes of at least 4 members (excludes halogenated alkanes) is 6. The van der Waals surface area contributed by atoms with Crippen molar-refractivity contribution in [1.82, 2.24) is 5.32 Å². The van der Waals surface area contributed by atoms with Crippen LogP contribution >= 0.6 is 0 Å². The number of alkyl halides is 3. The first-order valence-corrected chi connectivity index (χ1v) is 6.81. The van der Waals surface area contributed by atoms with Crippen molar-refractivity contribution in [3.8, 4) is 0 Å². The van der Waals surface area contributed by atoms with E-state index in [1.807, 2.05) is 0 Å². The molecule has 0 aromatic carbocycles. The largest absolute Gasteiger partial charge is 0.480 e. The summed E-state index contributed by atoms with van der Waals surface area (Å²) in [6, 6.07) is 0. The molecule has 3 nitrogen and oxygen atoms in total. The summed E-state index contributed by atoms with van der Waals surface area (Å²) in [6.45, 7) is 2.85. The molecule has 0 rings (SSSR count). The van der Waals surface area contributed by atoms with Gasteiger partial charge in [-0.1, -0.05) is 45.4 Å². The highest BCUT2D eigenvalue weighted by Crippen LogP contribution is 2.30. The van der Waals surface area contributed by atoms with Gasteiger partial charge in [0.15, 0.2) is 0 Å². The summed E-state index contributed by atoms with van der Waals surface area (Å²) in [5.41, 5.74) is -2.85. The fraction of sp³-hybridized carbons (Fsp3) is 0.923. The molecule has 0 aliphatic carbocycles. The van der Waals surface area contributed by atoms with E-state index in [1.54, 1.807) is 0 Å². The Kier molecular flexibility index (Phi) is 8.06. The molecule has 114 valence electrons. The van der Waals surface area contributed by atoms with Gasteiger partial charge in [0.1, 0.15) is 0 Å². The molecule has 0 aliphatic heterocycles. The van der Waals surface area contributed by atoms with Gasteiger partial charge in [-0.05, 0) is 19.9 Å².